The molecule has 4 rings (SSSR count). The van der Waals surface area contributed by atoms with E-state index in [1.54, 1.807) is 53.7 Å². The molecule has 9 heteroatoms. The van der Waals surface area contributed by atoms with Crippen molar-refractivity contribution in [1.29, 1.82) is 5.26 Å². The van der Waals surface area contributed by atoms with Gasteiger partial charge >= 0.3 is 5.97 Å². The molecule has 164 valence electrons. The first-order chi connectivity index (χ1) is 16.1. The third kappa shape index (κ3) is 4.92. The van der Waals surface area contributed by atoms with Gasteiger partial charge in [-0.3, -0.25) is 4.79 Å². The Bertz CT molecular complexity index is 1320. The van der Waals surface area contributed by atoms with Crippen LogP contribution in [-0.4, -0.2) is 35.4 Å². The number of amides is 1. The second kappa shape index (κ2) is 9.80. The summed E-state index contributed by atoms with van der Waals surface area (Å²) in [6.45, 7) is -0.500. The predicted molar refractivity (Wildman–Crippen MR) is 123 cm³/mol. The molecule has 0 aliphatic rings. The summed E-state index contributed by atoms with van der Waals surface area (Å²) < 4.78 is 12.0. The van der Waals surface area contributed by atoms with Crippen LogP contribution >= 0.6 is 11.3 Å². The maximum atomic E-state index is 12.9. The molecule has 2 aromatic carbocycles. The summed E-state index contributed by atoms with van der Waals surface area (Å²) in [5.74, 6) is -0.555. The normalized spacial score (nSPS) is 10.3. The number of thiophene rings is 1. The maximum absolute atomic E-state index is 12.9. The Labute approximate surface area is 193 Å². The van der Waals surface area contributed by atoms with Gasteiger partial charge in [0, 0.05) is 11.8 Å². The molecule has 33 heavy (non-hydrogen) atoms. The van der Waals surface area contributed by atoms with Gasteiger partial charge in [0.25, 0.3) is 5.91 Å². The topological polar surface area (TPSA) is 106 Å². The Morgan fingerprint density at radius 3 is 2.58 bits per heavy atom. The number of para-hydroxylation sites is 1. The number of hydrogen-bond acceptors (Lipinski definition) is 7. The van der Waals surface area contributed by atoms with Gasteiger partial charge in [0.1, 0.15) is 28.1 Å². The van der Waals surface area contributed by atoms with Gasteiger partial charge in [-0.2, -0.15) is 10.4 Å². The molecule has 2 aromatic heterocycles. The lowest BCUT2D eigenvalue weighted by atomic mass is 10.1. The number of nitriles is 1. The summed E-state index contributed by atoms with van der Waals surface area (Å²) in [5, 5.41) is 18.3. The van der Waals surface area contributed by atoms with Gasteiger partial charge in [0.2, 0.25) is 0 Å². The van der Waals surface area contributed by atoms with E-state index in [1.807, 2.05) is 36.4 Å². The number of nitrogens with one attached hydrogen (secondary N) is 1. The number of ether oxygens (including phenoxy) is 2. The molecule has 0 saturated carbocycles. The van der Waals surface area contributed by atoms with Crippen molar-refractivity contribution < 1.29 is 19.1 Å². The monoisotopic (exact) mass is 458 g/mol. The predicted octanol–water partition coefficient (Wildman–Crippen LogP) is 4.28. The first kappa shape index (κ1) is 21.8. The fourth-order valence-electron chi connectivity index (χ4n) is 3.06. The van der Waals surface area contributed by atoms with E-state index in [1.165, 1.54) is 11.3 Å². The maximum Gasteiger partial charge on any atom is 0.342 e. The number of carbonyl (C=O) groups is 2. The molecular weight excluding hydrogens is 440 g/mol. The third-order valence-electron chi connectivity index (χ3n) is 4.69. The van der Waals surface area contributed by atoms with Gasteiger partial charge in [-0.1, -0.05) is 18.2 Å². The summed E-state index contributed by atoms with van der Waals surface area (Å²) in [5.41, 5.74) is 2.44. The van der Waals surface area contributed by atoms with E-state index in [4.69, 9.17) is 14.7 Å². The SMILES string of the molecule is COc1ccc(-c2nn(-c3ccccc3)cc2C(=O)OCC(=O)Nc2sccc2C#N)cc1. The standard InChI is InChI=1S/C24H18N4O4S/c1-31-19-9-7-16(8-10-19)22-20(14-28(27-22)18-5-3-2-4-6-18)24(30)32-15-21(29)26-23-17(13-25)11-12-33-23/h2-12,14H,15H2,1H3,(H,26,29). The van der Waals surface area contributed by atoms with Crippen molar-refractivity contribution in [3.8, 4) is 28.8 Å². The van der Waals surface area contributed by atoms with Crippen LogP contribution in [0.1, 0.15) is 15.9 Å². The van der Waals surface area contributed by atoms with E-state index in [0.717, 1.165) is 5.69 Å². The van der Waals surface area contributed by atoms with Crippen molar-refractivity contribution >= 4 is 28.2 Å². The molecule has 0 aliphatic carbocycles. The number of hydrogen-bond donors (Lipinski definition) is 1. The highest BCUT2D eigenvalue weighted by Crippen LogP contribution is 2.27. The second-order valence-electron chi connectivity index (χ2n) is 6.80. The first-order valence-electron chi connectivity index (χ1n) is 9.83. The van der Waals surface area contributed by atoms with Crippen molar-refractivity contribution in [2.45, 2.75) is 0 Å². The summed E-state index contributed by atoms with van der Waals surface area (Å²) in [6.07, 6.45) is 1.57. The highest BCUT2D eigenvalue weighted by Gasteiger charge is 2.21. The lowest BCUT2D eigenvalue weighted by molar-refractivity contribution is -0.119. The van der Waals surface area contributed by atoms with Crippen LogP contribution < -0.4 is 10.1 Å². The van der Waals surface area contributed by atoms with Crippen molar-refractivity contribution in [3.05, 3.63) is 83.4 Å². The van der Waals surface area contributed by atoms with Crippen molar-refractivity contribution in [2.24, 2.45) is 0 Å². The Kier molecular flexibility index (Phi) is 6.48. The van der Waals surface area contributed by atoms with Crippen LogP contribution in [0.4, 0.5) is 5.00 Å². The van der Waals surface area contributed by atoms with Gasteiger partial charge < -0.3 is 14.8 Å². The van der Waals surface area contributed by atoms with Gasteiger partial charge in [-0.25, -0.2) is 9.48 Å². The summed E-state index contributed by atoms with van der Waals surface area (Å²) in [7, 11) is 1.57. The number of anilines is 1. The quantitative estimate of drug-likeness (QED) is 0.415. The smallest absolute Gasteiger partial charge is 0.342 e. The fourth-order valence-corrected chi connectivity index (χ4v) is 3.82. The highest BCUT2D eigenvalue weighted by atomic mass is 32.1. The molecule has 8 nitrogen and oxygen atoms in total. The lowest BCUT2D eigenvalue weighted by Crippen LogP contribution is -2.21. The molecule has 0 bridgehead atoms. The number of carbonyl (C=O) groups excluding carboxylic acids is 2. The van der Waals surface area contributed by atoms with E-state index in [0.29, 0.717) is 27.6 Å². The van der Waals surface area contributed by atoms with E-state index < -0.39 is 18.5 Å². The minimum atomic E-state index is -0.690. The lowest BCUT2D eigenvalue weighted by Gasteiger charge is -2.06. The van der Waals surface area contributed by atoms with Crippen LogP contribution in [0.2, 0.25) is 0 Å². The van der Waals surface area contributed by atoms with Gasteiger partial charge in [0.15, 0.2) is 6.61 Å². The molecule has 0 spiro atoms. The van der Waals surface area contributed by atoms with Crippen LogP contribution in [0.15, 0.2) is 72.2 Å². The molecule has 2 heterocycles. The molecule has 0 unspecified atom stereocenters. The van der Waals surface area contributed by atoms with Crippen LogP contribution in [0, 0.1) is 11.3 Å². The largest absolute Gasteiger partial charge is 0.497 e. The van der Waals surface area contributed by atoms with Gasteiger partial charge in [0.05, 0.1) is 18.4 Å². The molecule has 0 radical (unpaired) electrons. The molecule has 4 aromatic rings. The number of benzene rings is 2. The molecule has 0 atom stereocenters. The number of aromatic nitrogens is 2. The fraction of sp³-hybridized carbons (Fsp3) is 0.0833. The molecule has 1 amide bonds. The molecular formula is C24H18N4O4S. The van der Waals surface area contributed by atoms with Crippen molar-refractivity contribution in [1.82, 2.24) is 9.78 Å². The van der Waals surface area contributed by atoms with Gasteiger partial charge in [-0.05, 0) is 47.8 Å². The van der Waals surface area contributed by atoms with Crippen LogP contribution in [-0.2, 0) is 9.53 Å². The zero-order valence-electron chi connectivity index (χ0n) is 17.5. The number of esters is 1. The number of methoxy groups -OCH3 is 1. The highest BCUT2D eigenvalue weighted by molar-refractivity contribution is 7.14. The summed E-state index contributed by atoms with van der Waals surface area (Å²) in [4.78, 5) is 25.1. The van der Waals surface area contributed by atoms with Crippen molar-refractivity contribution in [3.63, 3.8) is 0 Å². The average Bonchev–Trinajstić information content (AvgIpc) is 3.50. The Morgan fingerprint density at radius 1 is 1.12 bits per heavy atom. The minimum Gasteiger partial charge on any atom is -0.497 e. The Balaban J connectivity index is 1.57. The molecule has 0 fully saturated rings. The molecule has 1 N–H and O–H groups in total. The average molecular weight is 458 g/mol. The van der Waals surface area contributed by atoms with E-state index in [2.05, 4.69) is 10.4 Å². The van der Waals surface area contributed by atoms with Crippen molar-refractivity contribution in [2.75, 3.05) is 19.0 Å². The van der Waals surface area contributed by atoms with Crippen LogP contribution in [0.3, 0.4) is 0 Å². The first-order valence-corrected chi connectivity index (χ1v) is 10.7. The zero-order chi connectivity index (χ0) is 23.2. The minimum absolute atomic E-state index is 0.214. The molecule has 0 saturated heterocycles. The Morgan fingerprint density at radius 2 is 1.88 bits per heavy atom. The van der Waals surface area contributed by atoms with Gasteiger partial charge in [-0.15, -0.1) is 11.3 Å². The number of rotatable bonds is 7. The van der Waals surface area contributed by atoms with Crippen LogP contribution in [0.5, 0.6) is 5.75 Å². The Hall–Kier alpha value is -4.42. The molecule has 0 aliphatic heterocycles. The summed E-state index contributed by atoms with van der Waals surface area (Å²) in [6, 6.07) is 20.1. The summed E-state index contributed by atoms with van der Waals surface area (Å²) >= 11 is 1.22. The van der Waals surface area contributed by atoms with Crippen LogP contribution in [0.25, 0.3) is 16.9 Å². The van der Waals surface area contributed by atoms with E-state index in [-0.39, 0.29) is 5.56 Å². The second-order valence-corrected chi connectivity index (χ2v) is 7.72. The third-order valence-corrected chi connectivity index (χ3v) is 5.52. The zero-order valence-corrected chi connectivity index (χ0v) is 18.3. The number of nitrogens with zero attached hydrogens (tertiary/aromatic N) is 3. The van der Waals surface area contributed by atoms with E-state index >= 15 is 0 Å². The van der Waals surface area contributed by atoms with E-state index in [9.17, 15) is 9.59 Å².